The molecule has 44 heavy (non-hydrogen) atoms. The first kappa shape index (κ1) is 31.7. The number of ether oxygens (including phenoxy) is 2. The lowest BCUT2D eigenvalue weighted by molar-refractivity contribution is -0.130. The Morgan fingerprint density at radius 3 is 2.64 bits per heavy atom. The Balaban J connectivity index is 1.44. The van der Waals surface area contributed by atoms with E-state index in [0.717, 1.165) is 12.5 Å². The summed E-state index contributed by atoms with van der Waals surface area (Å²) in [5.74, 6) is -1.49. The van der Waals surface area contributed by atoms with Crippen molar-refractivity contribution in [2.75, 3.05) is 23.8 Å². The normalized spacial score (nSPS) is 14.7. The van der Waals surface area contributed by atoms with Crippen LogP contribution in [0.5, 0.6) is 5.75 Å². The van der Waals surface area contributed by atoms with Crippen molar-refractivity contribution in [2.24, 2.45) is 7.05 Å². The largest absolute Gasteiger partial charge is 0.487 e. The van der Waals surface area contributed by atoms with E-state index in [0.29, 0.717) is 35.3 Å². The van der Waals surface area contributed by atoms with Gasteiger partial charge in [-0.2, -0.15) is 0 Å². The first-order valence-corrected chi connectivity index (χ1v) is 14.5. The van der Waals surface area contributed by atoms with E-state index in [9.17, 15) is 22.8 Å². The number of nitrogens with zero attached hydrogens (tertiary/aromatic N) is 2. The third-order valence-corrected chi connectivity index (χ3v) is 7.89. The Morgan fingerprint density at radius 1 is 1.14 bits per heavy atom. The summed E-state index contributed by atoms with van der Waals surface area (Å²) in [6.45, 7) is -0.284. The Kier molecular flexibility index (Phi) is 9.74. The third kappa shape index (κ3) is 6.99. The standard InChI is InChI=1S/C29H25Cl3F3N5O4/c1-40-21-11-23(44-13-24(34)35)16(27(41)37-15-5-7-19(33)18(31)9-15)10-20(21)38-29(40)39-26-17(30)6-4-14(25(26)32)12-36-28(42)22-3-2-8-43-22/h4-7,9-11,22,24H,2-3,8,12-13H2,1H3,(H,36,42)(H,37,41)(H,38,39). The van der Waals surface area contributed by atoms with Crippen LogP contribution in [-0.2, 0) is 23.1 Å². The van der Waals surface area contributed by atoms with Gasteiger partial charge in [0.1, 0.15) is 24.3 Å². The highest BCUT2D eigenvalue weighted by molar-refractivity contribution is 6.39. The van der Waals surface area contributed by atoms with Gasteiger partial charge < -0.3 is 30.0 Å². The van der Waals surface area contributed by atoms with Gasteiger partial charge in [-0.25, -0.2) is 18.2 Å². The molecule has 1 aliphatic heterocycles. The van der Waals surface area contributed by atoms with E-state index in [-0.39, 0.29) is 50.5 Å². The van der Waals surface area contributed by atoms with Gasteiger partial charge in [0.2, 0.25) is 11.9 Å². The van der Waals surface area contributed by atoms with E-state index in [2.05, 4.69) is 20.9 Å². The number of rotatable bonds is 10. The van der Waals surface area contributed by atoms with Crippen LogP contribution in [0.3, 0.4) is 0 Å². The van der Waals surface area contributed by atoms with Crippen LogP contribution >= 0.6 is 34.8 Å². The topological polar surface area (TPSA) is 107 Å². The second-order valence-electron chi connectivity index (χ2n) is 9.86. The second kappa shape index (κ2) is 13.5. The highest BCUT2D eigenvalue weighted by Gasteiger charge is 2.24. The molecule has 0 saturated carbocycles. The number of carbonyl (C=O) groups excluding carboxylic acids is 2. The number of aromatic nitrogens is 2. The Labute approximate surface area is 264 Å². The van der Waals surface area contributed by atoms with E-state index < -0.39 is 30.9 Å². The number of amides is 2. The molecule has 232 valence electrons. The number of benzene rings is 3. The van der Waals surface area contributed by atoms with Gasteiger partial charge in [-0.15, -0.1) is 0 Å². The number of nitrogens with one attached hydrogen (secondary N) is 3. The number of hydrogen-bond donors (Lipinski definition) is 3. The molecule has 4 aromatic rings. The Bertz CT molecular complexity index is 1730. The van der Waals surface area contributed by atoms with Gasteiger partial charge in [0, 0.05) is 32.0 Å². The smallest absolute Gasteiger partial charge is 0.272 e. The van der Waals surface area contributed by atoms with Crippen molar-refractivity contribution < 1.29 is 32.2 Å². The first-order chi connectivity index (χ1) is 21.0. The Hall–Kier alpha value is -3.71. The minimum absolute atomic E-state index is 0.0942. The SMILES string of the molecule is Cn1c(Nc2c(Cl)ccc(CNC(=O)C3CCCO3)c2Cl)nc2cc(C(=O)Nc3ccc(F)c(Cl)c3)c(OCC(F)F)cc21. The van der Waals surface area contributed by atoms with Crippen molar-refractivity contribution >= 4 is 75.0 Å². The maximum atomic E-state index is 13.6. The number of fused-ring (bicyclic) bond motifs is 1. The highest BCUT2D eigenvalue weighted by Crippen LogP contribution is 2.37. The summed E-state index contributed by atoms with van der Waals surface area (Å²) in [5.41, 5.74) is 1.74. The van der Waals surface area contributed by atoms with Crippen molar-refractivity contribution in [3.63, 3.8) is 0 Å². The maximum Gasteiger partial charge on any atom is 0.272 e. The number of hydrogen-bond acceptors (Lipinski definition) is 6. The molecule has 2 amide bonds. The van der Waals surface area contributed by atoms with Gasteiger partial charge in [0.05, 0.1) is 37.4 Å². The number of imidazole rings is 1. The summed E-state index contributed by atoms with van der Waals surface area (Å²) in [5, 5.41) is 8.78. The van der Waals surface area contributed by atoms with Crippen molar-refractivity contribution in [2.45, 2.75) is 31.9 Å². The maximum absolute atomic E-state index is 13.6. The minimum Gasteiger partial charge on any atom is -0.487 e. The molecular weight excluding hydrogens is 646 g/mol. The van der Waals surface area contributed by atoms with Crippen LogP contribution in [0.2, 0.25) is 15.1 Å². The molecule has 5 rings (SSSR count). The molecule has 0 radical (unpaired) electrons. The zero-order valence-corrected chi connectivity index (χ0v) is 25.3. The Morgan fingerprint density at radius 2 is 1.93 bits per heavy atom. The average molecular weight is 671 g/mol. The molecule has 1 saturated heterocycles. The molecular formula is C29H25Cl3F3N5O4. The zero-order chi connectivity index (χ0) is 31.5. The quantitative estimate of drug-likeness (QED) is 0.166. The fraction of sp³-hybridized carbons (Fsp3) is 0.276. The first-order valence-electron chi connectivity index (χ1n) is 13.3. The molecule has 0 bridgehead atoms. The molecule has 1 aromatic heterocycles. The van der Waals surface area contributed by atoms with E-state index in [1.165, 1.54) is 24.3 Å². The van der Waals surface area contributed by atoms with E-state index in [1.54, 1.807) is 23.7 Å². The van der Waals surface area contributed by atoms with Crippen molar-refractivity contribution in [1.82, 2.24) is 14.9 Å². The predicted molar refractivity (Wildman–Crippen MR) is 162 cm³/mol. The van der Waals surface area contributed by atoms with Gasteiger partial charge in [-0.3, -0.25) is 9.59 Å². The van der Waals surface area contributed by atoms with Crippen LogP contribution in [0.15, 0.2) is 42.5 Å². The fourth-order valence-electron chi connectivity index (χ4n) is 4.59. The number of halogens is 6. The van der Waals surface area contributed by atoms with Gasteiger partial charge in [0.25, 0.3) is 12.3 Å². The highest BCUT2D eigenvalue weighted by atomic mass is 35.5. The van der Waals surface area contributed by atoms with Crippen molar-refractivity contribution in [3.05, 3.63) is 74.5 Å². The molecule has 3 aromatic carbocycles. The van der Waals surface area contributed by atoms with E-state index in [1.807, 2.05) is 0 Å². The van der Waals surface area contributed by atoms with Crippen molar-refractivity contribution in [3.8, 4) is 5.75 Å². The minimum atomic E-state index is -2.80. The van der Waals surface area contributed by atoms with Crippen LogP contribution in [0, 0.1) is 5.82 Å². The number of aryl methyl sites for hydroxylation is 1. The molecule has 3 N–H and O–H groups in total. The summed E-state index contributed by atoms with van der Waals surface area (Å²) >= 11 is 19.0. The van der Waals surface area contributed by atoms with Gasteiger partial charge in [-0.05, 0) is 48.7 Å². The summed E-state index contributed by atoms with van der Waals surface area (Å²) in [6, 6.07) is 9.68. The fourth-order valence-corrected chi connectivity index (χ4v) is 5.30. The predicted octanol–water partition coefficient (Wildman–Crippen LogP) is 7.11. The van der Waals surface area contributed by atoms with Gasteiger partial charge >= 0.3 is 0 Å². The van der Waals surface area contributed by atoms with Crippen molar-refractivity contribution in [1.29, 1.82) is 0 Å². The lowest BCUT2D eigenvalue weighted by atomic mass is 10.1. The molecule has 2 heterocycles. The second-order valence-corrected chi connectivity index (χ2v) is 11.0. The molecule has 1 aliphatic rings. The van der Waals surface area contributed by atoms with Crippen LogP contribution in [0.25, 0.3) is 11.0 Å². The molecule has 15 heteroatoms. The van der Waals surface area contributed by atoms with E-state index >= 15 is 0 Å². The van der Waals surface area contributed by atoms with Gasteiger partial charge in [-0.1, -0.05) is 40.9 Å². The number of anilines is 3. The molecule has 0 aliphatic carbocycles. The van der Waals surface area contributed by atoms with Crippen LogP contribution < -0.4 is 20.7 Å². The van der Waals surface area contributed by atoms with Gasteiger partial charge in [0.15, 0.2) is 0 Å². The number of carbonyl (C=O) groups is 2. The zero-order valence-electron chi connectivity index (χ0n) is 23.0. The van der Waals surface area contributed by atoms with Crippen LogP contribution in [0.1, 0.15) is 28.8 Å². The average Bonchev–Trinajstić information content (AvgIpc) is 3.63. The molecule has 9 nitrogen and oxygen atoms in total. The lowest BCUT2D eigenvalue weighted by Gasteiger charge is -2.15. The lowest BCUT2D eigenvalue weighted by Crippen LogP contribution is -2.33. The molecule has 1 unspecified atom stereocenters. The summed E-state index contributed by atoms with van der Waals surface area (Å²) in [7, 11) is 1.66. The number of alkyl halides is 2. The van der Waals surface area contributed by atoms with Crippen LogP contribution in [0.4, 0.5) is 30.5 Å². The van der Waals surface area contributed by atoms with E-state index in [4.69, 9.17) is 44.3 Å². The third-order valence-electron chi connectivity index (χ3n) is 6.85. The molecule has 1 fully saturated rings. The summed E-state index contributed by atoms with van der Waals surface area (Å²) in [6.07, 6.45) is -1.82. The summed E-state index contributed by atoms with van der Waals surface area (Å²) < 4.78 is 52.0. The summed E-state index contributed by atoms with van der Waals surface area (Å²) in [4.78, 5) is 30.1. The molecule has 0 spiro atoms. The molecule has 1 atom stereocenters. The monoisotopic (exact) mass is 669 g/mol. The van der Waals surface area contributed by atoms with Crippen LogP contribution in [-0.4, -0.2) is 47.1 Å².